The van der Waals surface area contributed by atoms with Gasteiger partial charge in [0.25, 0.3) is 15.9 Å². The zero-order valence-corrected chi connectivity index (χ0v) is 8.78. The summed E-state index contributed by atoms with van der Waals surface area (Å²) in [6, 6.07) is -1.06. The highest BCUT2D eigenvalue weighted by molar-refractivity contribution is 7.94. The molecule has 6 nitrogen and oxygen atoms in total. The minimum atomic E-state index is -3.71. The fraction of sp³-hybridized carbons (Fsp3) is 0.857. The Kier molecular flexibility index (Phi) is 2.59. The van der Waals surface area contributed by atoms with E-state index in [-0.39, 0.29) is 0 Å². The van der Waals surface area contributed by atoms with Crippen LogP contribution in [0.2, 0.25) is 0 Å². The highest BCUT2D eigenvalue weighted by Gasteiger charge is 2.62. The third kappa shape index (κ3) is 1.16. The number of hydrogen-bond acceptors (Lipinski definition) is 5. The molecular formula is C7H13NO5S. The second kappa shape index (κ2) is 3.18. The van der Waals surface area contributed by atoms with Crippen LogP contribution in [0.4, 0.5) is 0 Å². The molecule has 0 aromatic heterocycles. The molecule has 1 fully saturated rings. The van der Waals surface area contributed by atoms with Gasteiger partial charge in [-0.15, -0.1) is 0 Å². The Balaban J connectivity index is 3.02. The van der Waals surface area contributed by atoms with E-state index in [1.165, 1.54) is 13.8 Å². The summed E-state index contributed by atoms with van der Waals surface area (Å²) < 4.78 is 22.2. The zero-order chi connectivity index (χ0) is 11.1. The standard InChI is InChI=1S/C7H13NO5S/c1-7(2)6(11)8(14(7,12)13)5(3-9)4-10/h5,9-10H,3-4H2,1-2H3. The lowest BCUT2D eigenvalue weighted by molar-refractivity contribution is -0.135. The SMILES string of the molecule is CC1(C)C(=O)N(C(CO)CO)S1(=O)=O. The van der Waals surface area contributed by atoms with E-state index < -0.39 is 39.9 Å². The number of rotatable bonds is 3. The Hall–Kier alpha value is -0.660. The van der Waals surface area contributed by atoms with Crippen molar-refractivity contribution in [2.45, 2.75) is 24.6 Å². The quantitative estimate of drug-likeness (QED) is 0.594. The molecule has 82 valence electrons. The van der Waals surface area contributed by atoms with Crippen molar-refractivity contribution in [2.24, 2.45) is 0 Å². The molecule has 0 spiro atoms. The molecule has 7 heteroatoms. The molecule has 0 aromatic rings. The third-order valence-corrected chi connectivity index (χ3v) is 4.82. The topological polar surface area (TPSA) is 94.9 Å². The third-order valence-electron chi connectivity index (χ3n) is 2.37. The van der Waals surface area contributed by atoms with Crippen LogP contribution in [0.1, 0.15) is 13.8 Å². The molecule has 0 aromatic carbocycles. The average molecular weight is 223 g/mol. The summed E-state index contributed by atoms with van der Waals surface area (Å²) in [5.74, 6) is -0.592. The van der Waals surface area contributed by atoms with Crippen molar-refractivity contribution >= 4 is 15.9 Å². The van der Waals surface area contributed by atoms with Gasteiger partial charge < -0.3 is 10.2 Å². The average Bonchev–Trinajstić information content (AvgIpc) is 2.12. The Labute approximate surface area is 82.2 Å². The summed E-state index contributed by atoms with van der Waals surface area (Å²) in [4.78, 5) is 11.4. The van der Waals surface area contributed by atoms with Gasteiger partial charge in [0.15, 0.2) is 4.75 Å². The van der Waals surface area contributed by atoms with Gasteiger partial charge in [-0.2, -0.15) is 0 Å². The lowest BCUT2D eigenvalue weighted by Crippen LogP contribution is -2.71. The predicted molar refractivity (Wildman–Crippen MR) is 47.8 cm³/mol. The number of nitrogens with zero attached hydrogens (tertiary/aromatic N) is 1. The van der Waals surface area contributed by atoms with E-state index in [1.54, 1.807) is 0 Å². The van der Waals surface area contributed by atoms with Crippen molar-refractivity contribution in [2.75, 3.05) is 13.2 Å². The molecule has 1 aliphatic rings. The van der Waals surface area contributed by atoms with Crippen LogP contribution in [0.25, 0.3) is 0 Å². The first-order valence-electron chi connectivity index (χ1n) is 4.10. The van der Waals surface area contributed by atoms with Crippen molar-refractivity contribution in [3.8, 4) is 0 Å². The van der Waals surface area contributed by atoms with Gasteiger partial charge in [0.05, 0.1) is 19.3 Å². The van der Waals surface area contributed by atoms with Gasteiger partial charge in [0.1, 0.15) is 0 Å². The molecule has 1 saturated heterocycles. The van der Waals surface area contributed by atoms with Crippen molar-refractivity contribution in [1.29, 1.82) is 0 Å². The number of aliphatic hydroxyl groups excluding tert-OH is 2. The van der Waals surface area contributed by atoms with Crippen LogP contribution in [0.3, 0.4) is 0 Å². The maximum absolute atomic E-state index is 11.5. The Morgan fingerprint density at radius 3 is 2.07 bits per heavy atom. The first-order chi connectivity index (χ1) is 6.30. The summed E-state index contributed by atoms with van der Waals surface area (Å²) in [5.41, 5.74) is 0. The van der Waals surface area contributed by atoms with Gasteiger partial charge in [-0.25, -0.2) is 12.7 Å². The number of sulfonamides is 1. The van der Waals surface area contributed by atoms with E-state index in [0.29, 0.717) is 4.31 Å². The Morgan fingerprint density at radius 2 is 1.79 bits per heavy atom. The van der Waals surface area contributed by atoms with Crippen LogP contribution >= 0.6 is 0 Å². The molecule has 0 radical (unpaired) electrons. The van der Waals surface area contributed by atoms with Crippen LogP contribution in [-0.4, -0.2) is 52.8 Å². The van der Waals surface area contributed by atoms with Crippen molar-refractivity contribution in [1.82, 2.24) is 4.31 Å². The number of aliphatic hydroxyl groups is 2. The van der Waals surface area contributed by atoms with Crippen LogP contribution < -0.4 is 0 Å². The summed E-state index contributed by atoms with van der Waals surface area (Å²) in [7, 11) is -3.71. The maximum atomic E-state index is 11.5. The van der Waals surface area contributed by atoms with Gasteiger partial charge in [0.2, 0.25) is 0 Å². The largest absolute Gasteiger partial charge is 0.394 e. The molecule has 1 heterocycles. The smallest absolute Gasteiger partial charge is 0.259 e. The first kappa shape index (κ1) is 11.4. The highest BCUT2D eigenvalue weighted by atomic mass is 32.2. The Morgan fingerprint density at radius 1 is 1.36 bits per heavy atom. The second-order valence-electron chi connectivity index (χ2n) is 3.64. The summed E-state index contributed by atoms with van der Waals surface area (Å²) in [5, 5.41) is 17.5. The summed E-state index contributed by atoms with van der Waals surface area (Å²) in [6.45, 7) is 1.45. The summed E-state index contributed by atoms with van der Waals surface area (Å²) >= 11 is 0. The fourth-order valence-electron chi connectivity index (χ4n) is 1.26. The lowest BCUT2D eigenvalue weighted by Gasteiger charge is -2.46. The van der Waals surface area contributed by atoms with Gasteiger partial charge in [-0.05, 0) is 13.8 Å². The second-order valence-corrected chi connectivity index (χ2v) is 6.00. The number of hydrogen-bond donors (Lipinski definition) is 2. The van der Waals surface area contributed by atoms with Gasteiger partial charge >= 0.3 is 0 Å². The molecule has 0 atom stereocenters. The number of carbonyl (C=O) groups excluding carboxylic acids is 1. The van der Waals surface area contributed by atoms with Crippen molar-refractivity contribution in [3.05, 3.63) is 0 Å². The monoisotopic (exact) mass is 223 g/mol. The first-order valence-corrected chi connectivity index (χ1v) is 5.54. The minimum absolute atomic E-state index is 0.549. The molecular weight excluding hydrogens is 210 g/mol. The highest BCUT2D eigenvalue weighted by Crippen LogP contribution is 2.36. The van der Waals surface area contributed by atoms with E-state index in [4.69, 9.17) is 10.2 Å². The van der Waals surface area contributed by atoms with Crippen LogP contribution in [0.15, 0.2) is 0 Å². The molecule has 1 rings (SSSR count). The van der Waals surface area contributed by atoms with Crippen molar-refractivity contribution < 1.29 is 23.4 Å². The van der Waals surface area contributed by atoms with Crippen molar-refractivity contribution in [3.63, 3.8) is 0 Å². The number of carbonyl (C=O) groups is 1. The molecule has 2 N–H and O–H groups in total. The molecule has 0 unspecified atom stereocenters. The zero-order valence-electron chi connectivity index (χ0n) is 7.97. The maximum Gasteiger partial charge on any atom is 0.259 e. The fourth-order valence-corrected chi connectivity index (χ4v) is 2.91. The van der Waals surface area contributed by atoms with E-state index in [2.05, 4.69) is 0 Å². The van der Waals surface area contributed by atoms with Crippen LogP contribution in [-0.2, 0) is 14.8 Å². The van der Waals surface area contributed by atoms with Gasteiger partial charge in [0, 0.05) is 0 Å². The van der Waals surface area contributed by atoms with E-state index in [1.807, 2.05) is 0 Å². The normalized spacial score (nSPS) is 23.8. The number of amides is 1. The van der Waals surface area contributed by atoms with E-state index in [0.717, 1.165) is 0 Å². The van der Waals surface area contributed by atoms with Crippen LogP contribution in [0, 0.1) is 0 Å². The molecule has 0 aliphatic carbocycles. The van der Waals surface area contributed by atoms with Crippen LogP contribution in [0.5, 0.6) is 0 Å². The lowest BCUT2D eigenvalue weighted by atomic mass is 10.1. The van der Waals surface area contributed by atoms with E-state index >= 15 is 0 Å². The minimum Gasteiger partial charge on any atom is -0.394 e. The Bertz CT molecular complexity index is 343. The van der Waals surface area contributed by atoms with E-state index in [9.17, 15) is 13.2 Å². The molecule has 1 amide bonds. The van der Waals surface area contributed by atoms with Gasteiger partial charge in [-0.3, -0.25) is 4.79 Å². The van der Waals surface area contributed by atoms with Gasteiger partial charge in [-0.1, -0.05) is 0 Å². The molecule has 14 heavy (non-hydrogen) atoms. The predicted octanol–water partition coefficient (Wildman–Crippen LogP) is -1.71. The summed E-state index contributed by atoms with van der Waals surface area (Å²) in [6.07, 6.45) is 0. The molecule has 0 saturated carbocycles. The molecule has 0 bridgehead atoms. The molecule has 1 aliphatic heterocycles.